The largest absolute Gasteiger partial charge is 0.326 e. The number of rotatable bonds is 4. The first-order chi connectivity index (χ1) is 14.5. The van der Waals surface area contributed by atoms with Crippen molar-refractivity contribution in [2.45, 2.75) is 52.0 Å². The van der Waals surface area contributed by atoms with Gasteiger partial charge in [-0.15, -0.1) is 0 Å². The molecule has 0 spiro atoms. The molecule has 6 heteroatoms. The number of hydrogen-bond acceptors (Lipinski definition) is 3. The van der Waals surface area contributed by atoms with Crippen LogP contribution in [0.25, 0.3) is 0 Å². The zero-order chi connectivity index (χ0) is 21.3. The minimum absolute atomic E-state index is 0.0129. The minimum Gasteiger partial charge on any atom is -0.308 e. The molecular weight excluding hydrogens is 378 g/mol. The van der Waals surface area contributed by atoms with Crippen molar-refractivity contribution in [3.63, 3.8) is 0 Å². The first-order valence-electron chi connectivity index (χ1n) is 10.7. The van der Waals surface area contributed by atoms with Crippen molar-refractivity contribution in [1.82, 2.24) is 4.90 Å². The van der Waals surface area contributed by atoms with E-state index in [-0.39, 0.29) is 23.9 Å². The molecule has 0 unspecified atom stereocenters. The molecule has 0 aromatic heterocycles. The van der Waals surface area contributed by atoms with Gasteiger partial charge in [-0.25, -0.2) is 4.79 Å². The van der Waals surface area contributed by atoms with E-state index in [0.29, 0.717) is 23.4 Å². The zero-order valence-electron chi connectivity index (χ0n) is 17.5. The van der Waals surface area contributed by atoms with Crippen LogP contribution in [0, 0.1) is 6.92 Å². The number of hydrogen-bond donors (Lipinski definition) is 1. The van der Waals surface area contributed by atoms with Gasteiger partial charge in [-0.05, 0) is 62.6 Å². The topological polar surface area (TPSA) is 69.7 Å². The number of amides is 4. The molecule has 30 heavy (non-hydrogen) atoms. The average molecular weight is 405 g/mol. The van der Waals surface area contributed by atoms with E-state index in [1.807, 2.05) is 38.1 Å². The fraction of sp³-hybridized carbons (Fsp3) is 0.375. The Balaban J connectivity index is 1.54. The quantitative estimate of drug-likeness (QED) is 0.729. The fourth-order valence-electron chi connectivity index (χ4n) is 4.44. The maximum atomic E-state index is 13.0. The third-order valence-corrected chi connectivity index (χ3v) is 5.98. The second-order valence-corrected chi connectivity index (χ2v) is 8.05. The predicted molar refractivity (Wildman–Crippen MR) is 117 cm³/mol. The Kier molecular flexibility index (Phi) is 5.57. The Morgan fingerprint density at radius 2 is 1.77 bits per heavy atom. The van der Waals surface area contributed by atoms with Crippen molar-refractivity contribution in [2.24, 2.45) is 0 Å². The summed E-state index contributed by atoms with van der Waals surface area (Å²) in [5, 5.41) is 2.88. The van der Waals surface area contributed by atoms with Crippen molar-refractivity contribution < 1.29 is 14.4 Å². The molecule has 156 valence electrons. The molecule has 0 atom stereocenters. The first-order valence-corrected chi connectivity index (χ1v) is 10.7. The maximum Gasteiger partial charge on any atom is 0.326 e. The van der Waals surface area contributed by atoms with Gasteiger partial charge in [0.05, 0.1) is 11.1 Å². The number of benzene rings is 2. The molecule has 2 aromatic carbocycles. The highest BCUT2D eigenvalue weighted by Crippen LogP contribution is 2.32. The molecule has 2 aliphatic rings. The van der Waals surface area contributed by atoms with Gasteiger partial charge in [-0.2, -0.15) is 0 Å². The van der Waals surface area contributed by atoms with Crippen molar-refractivity contribution in [2.75, 3.05) is 16.8 Å². The number of nitrogens with zero attached hydrogens (tertiary/aromatic N) is 2. The SMILES string of the molecule is CCN(C(=O)Nc1ccc2c(c1)C(=O)N(C1CCCCC1)C2=O)c1cccc(C)c1. The van der Waals surface area contributed by atoms with Crippen molar-refractivity contribution >= 4 is 29.2 Å². The van der Waals surface area contributed by atoms with Gasteiger partial charge in [0, 0.05) is 24.0 Å². The lowest BCUT2D eigenvalue weighted by Gasteiger charge is -2.29. The van der Waals surface area contributed by atoms with Crippen LogP contribution in [0.3, 0.4) is 0 Å². The molecule has 4 rings (SSSR count). The second-order valence-electron chi connectivity index (χ2n) is 8.05. The Hall–Kier alpha value is -3.15. The molecule has 1 aliphatic heterocycles. The molecule has 1 N–H and O–H groups in total. The third kappa shape index (κ3) is 3.70. The lowest BCUT2D eigenvalue weighted by atomic mass is 9.94. The smallest absolute Gasteiger partial charge is 0.308 e. The Morgan fingerprint density at radius 1 is 1.03 bits per heavy atom. The number of anilines is 2. The van der Waals surface area contributed by atoms with Crippen LogP contribution in [-0.2, 0) is 0 Å². The molecular formula is C24H27N3O3. The van der Waals surface area contributed by atoms with Crippen molar-refractivity contribution in [1.29, 1.82) is 0 Å². The minimum atomic E-state index is -0.274. The molecule has 0 radical (unpaired) electrons. The van der Waals surface area contributed by atoms with E-state index < -0.39 is 0 Å². The van der Waals surface area contributed by atoms with Crippen LogP contribution in [0.15, 0.2) is 42.5 Å². The molecule has 1 fully saturated rings. The number of aryl methyl sites for hydroxylation is 1. The molecule has 1 saturated carbocycles. The van der Waals surface area contributed by atoms with E-state index in [2.05, 4.69) is 5.32 Å². The Morgan fingerprint density at radius 3 is 2.47 bits per heavy atom. The van der Waals surface area contributed by atoms with E-state index in [4.69, 9.17) is 0 Å². The molecule has 0 saturated heterocycles. The molecule has 0 bridgehead atoms. The number of urea groups is 1. The van der Waals surface area contributed by atoms with E-state index in [1.165, 1.54) is 4.90 Å². The third-order valence-electron chi connectivity index (χ3n) is 5.98. The molecule has 1 aliphatic carbocycles. The van der Waals surface area contributed by atoms with Gasteiger partial charge in [-0.1, -0.05) is 31.4 Å². The van der Waals surface area contributed by atoms with E-state index in [1.54, 1.807) is 23.1 Å². The zero-order valence-corrected chi connectivity index (χ0v) is 17.5. The summed E-state index contributed by atoms with van der Waals surface area (Å²) in [4.78, 5) is 41.7. The second kappa shape index (κ2) is 8.30. The normalized spacial score (nSPS) is 16.5. The summed E-state index contributed by atoms with van der Waals surface area (Å²) in [5.41, 5.74) is 3.20. The summed E-state index contributed by atoms with van der Waals surface area (Å²) >= 11 is 0. The van der Waals surface area contributed by atoms with Crippen LogP contribution in [-0.4, -0.2) is 35.3 Å². The van der Waals surface area contributed by atoms with Gasteiger partial charge < -0.3 is 5.32 Å². The van der Waals surface area contributed by atoms with Crippen LogP contribution in [0.5, 0.6) is 0 Å². The van der Waals surface area contributed by atoms with Gasteiger partial charge in [0.1, 0.15) is 0 Å². The summed E-state index contributed by atoms with van der Waals surface area (Å²) in [5.74, 6) is -0.459. The van der Waals surface area contributed by atoms with Crippen LogP contribution in [0.2, 0.25) is 0 Å². The summed E-state index contributed by atoms with van der Waals surface area (Å²) in [6.45, 7) is 4.40. The van der Waals surface area contributed by atoms with Gasteiger partial charge in [0.2, 0.25) is 0 Å². The highest BCUT2D eigenvalue weighted by atomic mass is 16.2. The van der Waals surface area contributed by atoms with Crippen LogP contribution in [0.4, 0.5) is 16.2 Å². The summed E-state index contributed by atoms with van der Waals surface area (Å²) in [6, 6.07) is 12.4. The number of fused-ring (bicyclic) bond motifs is 1. The monoisotopic (exact) mass is 405 g/mol. The summed E-state index contributed by atoms with van der Waals surface area (Å²) < 4.78 is 0. The predicted octanol–water partition coefficient (Wildman–Crippen LogP) is 4.98. The number of nitrogens with one attached hydrogen (secondary N) is 1. The molecule has 4 amide bonds. The fourth-order valence-corrected chi connectivity index (χ4v) is 4.44. The summed E-state index contributed by atoms with van der Waals surface area (Å²) in [7, 11) is 0. The molecule has 1 heterocycles. The van der Waals surface area contributed by atoms with Gasteiger partial charge in [-0.3, -0.25) is 19.4 Å². The highest BCUT2D eigenvalue weighted by molar-refractivity contribution is 6.22. The maximum absolute atomic E-state index is 13.0. The van der Waals surface area contributed by atoms with Crippen LogP contribution in [0.1, 0.15) is 65.3 Å². The molecule has 2 aromatic rings. The van der Waals surface area contributed by atoms with Crippen LogP contribution < -0.4 is 10.2 Å². The van der Waals surface area contributed by atoms with Crippen LogP contribution >= 0.6 is 0 Å². The number of carbonyl (C=O) groups excluding carboxylic acids is 3. The Labute approximate surface area is 176 Å². The Bertz CT molecular complexity index is 995. The highest BCUT2D eigenvalue weighted by Gasteiger charge is 2.40. The van der Waals surface area contributed by atoms with Gasteiger partial charge in [0.25, 0.3) is 11.8 Å². The summed E-state index contributed by atoms with van der Waals surface area (Å²) in [6.07, 6.45) is 5.00. The first kappa shape index (κ1) is 20.1. The lowest BCUT2D eigenvalue weighted by molar-refractivity contribution is 0.0549. The lowest BCUT2D eigenvalue weighted by Crippen LogP contribution is -2.40. The van der Waals surface area contributed by atoms with Crippen molar-refractivity contribution in [3.05, 3.63) is 59.2 Å². The van der Waals surface area contributed by atoms with Gasteiger partial charge >= 0.3 is 6.03 Å². The van der Waals surface area contributed by atoms with Gasteiger partial charge in [0.15, 0.2) is 0 Å². The van der Waals surface area contributed by atoms with Crippen molar-refractivity contribution in [3.8, 4) is 0 Å². The molecule has 6 nitrogen and oxygen atoms in total. The average Bonchev–Trinajstić information content (AvgIpc) is 2.99. The number of imide groups is 1. The van der Waals surface area contributed by atoms with E-state index >= 15 is 0 Å². The van der Waals surface area contributed by atoms with E-state index in [9.17, 15) is 14.4 Å². The van der Waals surface area contributed by atoms with E-state index in [0.717, 1.165) is 43.4 Å². The number of carbonyl (C=O) groups is 3. The standard InChI is InChI=1S/C24H27N3O3/c1-3-26(19-11-7-8-16(2)14-19)24(30)25-17-12-13-20-21(15-17)23(29)27(22(20)28)18-9-5-4-6-10-18/h7-8,11-15,18H,3-6,9-10H2,1-2H3,(H,25,30).